The van der Waals surface area contributed by atoms with Gasteiger partial charge < -0.3 is 9.47 Å². The minimum absolute atomic E-state index is 0.530. The van der Waals surface area contributed by atoms with Crippen LogP contribution in [0.15, 0.2) is 267 Å². The van der Waals surface area contributed by atoms with Gasteiger partial charge in [0.25, 0.3) is 0 Å². The average Bonchev–Trinajstić information content (AvgIpc) is 4.07. The Bertz CT molecular complexity index is 4540. The number of fused-ring (bicyclic) bond motifs is 21. The Labute approximate surface area is 422 Å². The van der Waals surface area contributed by atoms with Gasteiger partial charge in [0, 0.05) is 38.8 Å². The lowest BCUT2D eigenvalue weighted by Gasteiger charge is -2.33. The SMILES string of the molecule is c1ccc(-c2cc3c(cc2N(c2ccc4c5ccccc5c5ccccc5c4c2)c2ccc4c5ccc6ccccc6c5n(-c5ccccc5)c4c2)C2(c4ccccc4-c4ccccc42)c2ccccc2-3)cc1. The molecule has 0 aliphatic heterocycles. The molecule has 2 aliphatic carbocycles. The first-order valence-corrected chi connectivity index (χ1v) is 25.4. The summed E-state index contributed by atoms with van der Waals surface area (Å²) in [6.45, 7) is 0. The minimum atomic E-state index is -0.530. The van der Waals surface area contributed by atoms with Crippen LogP contribution in [-0.4, -0.2) is 4.57 Å². The molecule has 0 amide bonds. The summed E-state index contributed by atoms with van der Waals surface area (Å²) in [6.07, 6.45) is 0. The van der Waals surface area contributed by atoms with Crippen molar-refractivity contribution in [1.82, 2.24) is 4.57 Å². The van der Waals surface area contributed by atoms with E-state index in [1.807, 2.05) is 0 Å². The number of hydrogen-bond acceptors (Lipinski definition) is 1. The summed E-state index contributed by atoms with van der Waals surface area (Å²) in [7, 11) is 0. The van der Waals surface area contributed by atoms with Gasteiger partial charge >= 0.3 is 0 Å². The van der Waals surface area contributed by atoms with Crippen LogP contribution in [0.5, 0.6) is 0 Å². The van der Waals surface area contributed by atoms with Gasteiger partial charge in [-0.2, -0.15) is 0 Å². The molecule has 16 rings (SSSR count). The van der Waals surface area contributed by atoms with Crippen LogP contribution in [0.25, 0.3) is 104 Å². The molecule has 1 spiro atoms. The fourth-order valence-electron chi connectivity index (χ4n) is 13.4. The standard InChI is InChI=1S/C71H44N2/c1-3-19-45(20-4-1)61-43-63-58-31-15-18-34-66(58)71(64-32-16-13-29-56(64)57-30-14-17-33-65(57)71)67(63)44-69(61)72(48-36-39-55-53-27-10-9-25-51(53)52-26-11-12-28-54(52)62(55)41-48)49-37-40-59-60-38-35-46-21-7-8-24-50(46)70(60)73(68(59)42-49)47-22-5-2-6-23-47/h1-44H. The van der Waals surface area contributed by atoms with Crippen molar-refractivity contribution in [2.45, 2.75) is 5.41 Å². The molecule has 0 fully saturated rings. The highest BCUT2D eigenvalue weighted by molar-refractivity contribution is 6.26. The number of para-hydroxylation sites is 1. The van der Waals surface area contributed by atoms with E-state index in [1.165, 1.54) is 115 Å². The second kappa shape index (κ2) is 15.3. The zero-order valence-corrected chi connectivity index (χ0v) is 39.8. The highest BCUT2D eigenvalue weighted by Gasteiger charge is 2.52. The van der Waals surface area contributed by atoms with Crippen LogP contribution in [0.4, 0.5) is 17.1 Å². The number of aromatic nitrogens is 1. The molecule has 0 radical (unpaired) electrons. The Balaban J connectivity index is 1.06. The van der Waals surface area contributed by atoms with Crippen molar-refractivity contribution in [2.75, 3.05) is 4.90 Å². The summed E-state index contributed by atoms with van der Waals surface area (Å²) in [4.78, 5) is 2.57. The molecule has 0 unspecified atom stereocenters. The van der Waals surface area contributed by atoms with Gasteiger partial charge in [-0.3, -0.25) is 0 Å². The molecule has 14 aromatic rings. The summed E-state index contributed by atoms with van der Waals surface area (Å²) in [5.41, 5.74) is 19.0. The second-order valence-electron chi connectivity index (χ2n) is 19.9. The second-order valence-corrected chi connectivity index (χ2v) is 19.9. The molecule has 0 saturated heterocycles. The van der Waals surface area contributed by atoms with Crippen LogP contribution in [0.2, 0.25) is 0 Å². The molecule has 0 atom stereocenters. The fraction of sp³-hybridized carbons (Fsp3) is 0.0141. The van der Waals surface area contributed by atoms with E-state index in [2.05, 4.69) is 276 Å². The van der Waals surface area contributed by atoms with E-state index in [9.17, 15) is 0 Å². The molecule has 2 nitrogen and oxygen atoms in total. The monoisotopic (exact) mass is 924 g/mol. The maximum Gasteiger partial charge on any atom is 0.0726 e. The topological polar surface area (TPSA) is 8.17 Å². The molecule has 0 bridgehead atoms. The zero-order valence-electron chi connectivity index (χ0n) is 39.8. The molecular weight excluding hydrogens is 881 g/mol. The number of benzene rings is 13. The maximum absolute atomic E-state index is 2.57. The van der Waals surface area contributed by atoms with Gasteiger partial charge in [0.2, 0.25) is 0 Å². The predicted octanol–water partition coefficient (Wildman–Crippen LogP) is 18.9. The van der Waals surface area contributed by atoms with E-state index in [1.54, 1.807) is 0 Å². The molecule has 13 aromatic carbocycles. The van der Waals surface area contributed by atoms with Crippen molar-refractivity contribution in [2.24, 2.45) is 0 Å². The largest absolute Gasteiger partial charge is 0.310 e. The summed E-state index contributed by atoms with van der Waals surface area (Å²) in [5, 5.41) is 12.4. The first kappa shape index (κ1) is 40.3. The smallest absolute Gasteiger partial charge is 0.0726 e. The van der Waals surface area contributed by atoms with Crippen LogP contribution in [0.3, 0.4) is 0 Å². The third-order valence-corrected chi connectivity index (χ3v) is 16.3. The van der Waals surface area contributed by atoms with Gasteiger partial charge in [-0.15, -0.1) is 0 Å². The summed E-state index contributed by atoms with van der Waals surface area (Å²) in [5.74, 6) is 0. The molecule has 1 heterocycles. The Morgan fingerprint density at radius 1 is 0.288 bits per heavy atom. The third kappa shape index (κ3) is 5.52. The van der Waals surface area contributed by atoms with Gasteiger partial charge in [0.05, 0.1) is 22.1 Å². The number of rotatable bonds is 5. The van der Waals surface area contributed by atoms with E-state index >= 15 is 0 Å². The summed E-state index contributed by atoms with van der Waals surface area (Å²) in [6, 6.07) is 100. The van der Waals surface area contributed by atoms with Crippen LogP contribution in [0.1, 0.15) is 22.3 Å². The zero-order chi connectivity index (χ0) is 47.8. The van der Waals surface area contributed by atoms with Gasteiger partial charge in [-0.25, -0.2) is 0 Å². The lowest BCUT2D eigenvalue weighted by atomic mass is 9.70. The highest BCUT2D eigenvalue weighted by Crippen LogP contribution is 2.64. The Hall–Kier alpha value is -9.50. The van der Waals surface area contributed by atoms with Gasteiger partial charge in [-0.1, -0.05) is 218 Å². The Morgan fingerprint density at radius 2 is 0.767 bits per heavy atom. The number of nitrogens with zero attached hydrogens (tertiary/aromatic N) is 2. The summed E-state index contributed by atoms with van der Waals surface area (Å²) < 4.78 is 2.49. The van der Waals surface area contributed by atoms with Crippen molar-refractivity contribution in [3.05, 3.63) is 289 Å². The lowest BCUT2D eigenvalue weighted by molar-refractivity contribution is 0.794. The molecule has 1 aromatic heterocycles. The third-order valence-electron chi connectivity index (χ3n) is 16.3. The van der Waals surface area contributed by atoms with E-state index in [4.69, 9.17) is 0 Å². The lowest BCUT2D eigenvalue weighted by Crippen LogP contribution is -2.26. The van der Waals surface area contributed by atoms with Crippen molar-refractivity contribution in [3.63, 3.8) is 0 Å². The first-order chi connectivity index (χ1) is 36.2. The highest BCUT2D eigenvalue weighted by atomic mass is 15.1. The van der Waals surface area contributed by atoms with Crippen LogP contribution in [0, 0.1) is 0 Å². The van der Waals surface area contributed by atoms with Gasteiger partial charge in [-0.05, 0) is 136 Å². The maximum atomic E-state index is 2.57. The van der Waals surface area contributed by atoms with E-state index in [0.717, 1.165) is 28.3 Å². The molecular formula is C71H44N2. The average molecular weight is 925 g/mol. The minimum Gasteiger partial charge on any atom is -0.310 e. The van der Waals surface area contributed by atoms with Crippen LogP contribution >= 0.6 is 0 Å². The summed E-state index contributed by atoms with van der Waals surface area (Å²) >= 11 is 0. The molecule has 2 heteroatoms. The van der Waals surface area contributed by atoms with Crippen molar-refractivity contribution < 1.29 is 0 Å². The van der Waals surface area contributed by atoms with Crippen molar-refractivity contribution in [1.29, 1.82) is 0 Å². The predicted molar refractivity (Wildman–Crippen MR) is 307 cm³/mol. The van der Waals surface area contributed by atoms with E-state index in [0.29, 0.717) is 0 Å². The quantitative estimate of drug-likeness (QED) is 0.156. The van der Waals surface area contributed by atoms with Gasteiger partial charge in [0.15, 0.2) is 0 Å². The van der Waals surface area contributed by atoms with E-state index < -0.39 is 5.41 Å². The van der Waals surface area contributed by atoms with Gasteiger partial charge in [0.1, 0.15) is 0 Å². The fourth-order valence-corrected chi connectivity index (χ4v) is 13.4. The van der Waals surface area contributed by atoms with Crippen molar-refractivity contribution >= 4 is 82.0 Å². The van der Waals surface area contributed by atoms with Crippen LogP contribution < -0.4 is 4.90 Å². The number of anilines is 3. The molecule has 338 valence electrons. The molecule has 2 aliphatic rings. The Kier molecular flexibility index (Phi) is 8.41. The number of hydrogen-bond donors (Lipinski definition) is 0. The molecule has 0 N–H and O–H groups in total. The molecule has 0 saturated carbocycles. The normalized spacial score (nSPS) is 13.0. The molecule has 73 heavy (non-hydrogen) atoms. The van der Waals surface area contributed by atoms with Crippen LogP contribution in [-0.2, 0) is 5.41 Å². The van der Waals surface area contributed by atoms with E-state index in [-0.39, 0.29) is 0 Å². The van der Waals surface area contributed by atoms with Crippen molar-refractivity contribution in [3.8, 4) is 39.1 Å². The Morgan fingerprint density at radius 3 is 1.41 bits per heavy atom. The first-order valence-electron chi connectivity index (χ1n) is 25.4.